The minimum Gasteiger partial charge on any atom is -0.466 e. The molecule has 1 rings (SSSR count). The molecule has 0 amide bonds. The van der Waals surface area contributed by atoms with Crippen LogP contribution in [0.5, 0.6) is 0 Å². The maximum atomic E-state index is 11.5. The van der Waals surface area contributed by atoms with Crippen molar-refractivity contribution in [2.24, 2.45) is 11.8 Å². The molecule has 0 aromatic rings. The zero-order valence-corrected chi connectivity index (χ0v) is 21.5. The Labute approximate surface area is 196 Å². The van der Waals surface area contributed by atoms with E-state index in [1.165, 1.54) is 12.8 Å². The monoisotopic (exact) mass is 456 g/mol. The summed E-state index contributed by atoms with van der Waals surface area (Å²) in [7, 11) is 6.94. The number of hydrogen-bond acceptors (Lipinski definition) is 6. The Hall–Kier alpha value is -0.950. The van der Waals surface area contributed by atoms with Crippen molar-refractivity contribution in [3.8, 4) is 0 Å². The predicted molar refractivity (Wildman–Crippen MR) is 127 cm³/mol. The Morgan fingerprint density at radius 2 is 1.66 bits per heavy atom. The number of methoxy groups -OCH3 is 4. The van der Waals surface area contributed by atoms with Gasteiger partial charge in [0.1, 0.15) is 0 Å². The lowest BCUT2D eigenvalue weighted by molar-refractivity contribution is -0.231. The Morgan fingerprint density at radius 1 is 0.969 bits per heavy atom. The number of ether oxygens (including phenoxy) is 5. The van der Waals surface area contributed by atoms with Crippen LogP contribution in [-0.4, -0.2) is 52.6 Å². The van der Waals surface area contributed by atoms with Crippen LogP contribution in [0.3, 0.4) is 0 Å². The summed E-state index contributed by atoms with van der Waals surface area (Å²) in [5.74, 6) is -0.667. The molecule has 0 N–H and O–H groups in total. The molecule has 2 atom stereocenters. The maximum absolute atomic E-state index is 11.5. The third-order valence-corrected chi connectivity index (χ3v) is 6.97. The summed E-state index contributed by atoms with van der Waals surface area (Å²) in [5.41, 5.74) is 0. The molecule has 1 aliphatic carbocycles. The van der Waals surface area contributed by atoms with Crippen LogP contribution < -0.4 is 0 Å². The average molecular weight is 457 g/mol. The first-order valence-electron chi connectivity index (χ1n) is 12.5. The normalized spacial score (nSPS) is 20.8. The lowest BCUT2D eigenvalue weighted by Gasteiger charge is -2.35. The average Bonchev–Trinajstić information content (AvgIpc) is 3.16. The van der Waals surface area contributed by atoms with E-state index in [-0.39, 0.29) is 11.9 Å². The van der Waals surface area contributed by atoms with Gasteiger partial charge in [-0.3, -0.25) is 4.79 Å². The first-order chi connectivity index (χ1) is 15.5. The summed E-state index contributed by atoms with van der Waals surface area (Å²) in [5, 5.41) is 0. The summed E-state index contributed by atoms with van der Waals surface area (Å²) in [4.78, 5) is 11.5. The third-order valence-electron chi connectivity index (χ3n) is 6.97. The molecule has 1 fully saturated rings. The van der Waals surface area contributed by atoms with Gasteiger partial charge in [0.05, 0.1) is 6.61 Å². The van der Waals surface area contributed by atoms with Gasteiger partial charge in [0, 0.05) is 53.6 Å². The topological polar surface area (TPSA) is 63.2 Å². The molecule has 0 unspecified atom stereocenters. The SMILES string of the molecule is CCCCCC(C=C[C@H]1CCC(OC)(OC)[C@@H]1CCCCCCC(=O)OCC)(OC)OC. The highest BCUT2D eigenvalue weighted by molar-refractivity contribution is 5.69. The van der Waals surface area contributed by atoms with Gasteiger partial charge < -0.3 is 23.7 Å². The van der Waals surface area contributed by atoms with Crippen molar-refractivity contribution in [3.63, 3.8) is 0 Å². The molecule has 1 aliphatic rings. The molecular weight excluding hydrogens is 408 g/mol. The van der Waals surface area contributed by atoms with Gasteiger partial charge in [0.15, 0.2) is 11.6 Å². The second kappa shape index (κ2) is 15.8. The quantitative estimate of drug-likeness (QED) is 0.109. The van der Waals surface area contributed by atoms with Crippen LogP contribution in [0.15, 0.2) is 12.2 Å². The maximum Gasteiger partial charge on any atom is 0.305 e. The highest BCUT2D eigenvalue weighted by Crippen LogP contribution is 2.47. The lowest BCUT2D eigenvalue weighted by atomic mass is 9.86. The molecule has 0 aliphatic heterocycles. The van der Waals surface area contributed by atoms with Crippen LogP contribution in [0.1, 0.15) is 90.9 Å². The molecule has 32 heavy (non-hydrogen) atoms. The smallest absolute Gasteiger partial charge is 0.305 e. The molecular formula is C26H48O6. The number of hydrogen-bond donors (Lipinski definition) is 0. The Balaban J connectivity index is 2.71. The van der Waals surface area contributed by atoms with Crippen LogP contribution in [0.25, 0.3) is 0 Å². The minimum absolute atomic E-state index is 0.0926. The molecule has 0 heterocycles. The van der Waals surface area contributed by atoms with Crippen LogP contribution in [0.4, 0.5) is 0 Å². The third kappa shape index (κ3) is 8.77. The molecule has 0 aromatic heterocycles. The van der Waals surface area contributed by atoms with Crippen molar-refractivity contribution >= 4 is 5.97 Å². The summed E-state index contributed by atoms with van der Waals surface area (Å²) >= 11 is 0. The lowest BCUT2D eigenvalue weighted by Crippen LogP contribution is -2.39. The summed E-state index contributed by atoms with van der Waals surface area (Å²) in [6, 6.07) is 0. The van der Waals surface area contributed by atoms with Crippen LogP contribution in [0, 0.1) is 11.8 Å². The van der Waals surface area contributed by atoms with Crippen molar-refractivity contribution in [1.82, 2.24) is 0 Å². The Morgan fingerprint density at radius 3 is 2.25 bits per heavy atom. The van der Waals surface area contributed by atoms with E-state index in [9.17, 15) is 4.79 Å². The van der Waals surface area contributed by atoms with E-state index in [1.807, 2.05) is 6.92 Å². The highest BCUT2D eigenvalue weighted by Gasteiger charge is 2.48. The van der Waals surface area contributed by atoms with Crippen molar-refractivity contribution in [2.75, 3.05) is 35.0 Å². The summed E-state index contributed by atoms with van der Waals surface area (Å²) in [6.07, 6.45) is 16.2. The van der Waals surface area contributed by atoms with E-state index < -0.39 is 11.6 Å². The van der Waals surface area contributed by atoms with Crippen LogP contribution in [0.2, 0.25) is 0 Å². The van der Waals surface area contributed by atoms with E-state index in [0.717, 1.165) is 57.8 Å². The number of rotatable bonds is 18. The van der Waals surface area contributed by atoms with Crippen LogP contribution in [-0.2, 0) is 28.5 Å². The second-order valence-electron chi connectivity index (χ2n) is 8.82. The fourth-order valence-electron chi connectivity index (χ4n) is 4.95. The fraction of sp³-hybridized carbons (Fsp3) is 0.885. The van der Waals surface area contributed by atoms with E-state index in [4.69, 9.17) is 23.7 Å². The minimum atomic E-state index is -0.668. The molecule has 188 valence electrons. The molecule has 0 spiro atoms. The van der Waals surface area contributed by atoms with Gasteiger partial charge in [0.25, 0.3) is 0 Å². The predicted octanol–water partition coefficient (Wildman–Crippen LogP) is 6.03. The summed E-state index contributed by atoms with van der Waals surface area (Å²) < 4.78 is 28.4. The van der Waals surface area contributed by atoms with E-state index in [0.29, 0.717) is 18.9 Å². The van der Waals surface area contributed by atoms with Gasteiger partial charge in [-0.1, -0.05) is 45.1 Å². The van der Waals surface area contributed by atoms with Gasteiger partial charge in [-0.2, -0.15) is 0 Å². The van der Waals surface area contributed by atoms with Gasteiger partial charge in [0.2, 0.25) is 0 Å². The van der Waals surface area contributed by atoms with Gasteiger partial charge in [-0.25, -0.2) is 0 Å². The van der Waals surface area contributed by atoms with Crippen molar-refractivity contribution < 1.29 is 28.5 Å². The van der Waals surface area contributed by atoms with E-state index in [1.54, 1.807) is 28.4 Å². The molecule has 0 aromatic carbocycles. The van der Waals surface area contributed by atoms with Crippen molar-refractivity contribution in [1.29, 1.82) is 0 Å². The molecule has 6 nitrogen and oxygen atoms in total. The number of allylic oxidation sites excluding steroid dienone is 1. The molecule has 1 saturated carbocycles. The Bertz CT molecular complexity index is 524. The Kier molecular flexibility index (Phi) is 14.4. The van der Waals surface area contributed by atoms with Crippen LogP contribution >= 0.6 is 0 Å². The van der Waals surface area contributed by atoms with Gasteiger partial charge >= 0.3 is 5.97 Å². The zero-order chi connectivity index (χ0) is 23.9. The summed E-state index contributed by atoms with van der Waals surface area (Å²) in [6.45, 7) is 4.50. The zero-order valence-electron chi connectivity index (χ0n) is 21.5. The van der Waals surface area contributed by atoms with Gasteiger partial charge in [-0.05, 0) is 44.6 Å². The number of unbranched alkanes of at least 4 members (excludes halogenated alkanes) is 5. The first-order valence-corrected chi connectivity index (χ1v) is 12.5. The highest BCUT2D eigenvalue weighted by atomic mass is 16.7. The van der Waals surface area contributed by atoms with E-state index in [2.05, 4.69) is 19.1 Å². The molecule has 0 saturated heterocycles. The molecule has 0 radical (unpaired) electrons. The van der Waals surface area contributed by atoms with Crippen molar-refractivity contribution in [2.45, 2.75) is 102 Å². The number of carbonyl (C=O) groups is 1. The standard InChI is InChI=1S/C26H48O6/c1-7-9-14-19-25(28-3,29-4)20-17-22-18-21-26(30-5,31-6)23(22)15-12-10-11-13-16-24(27)32-8-2/h17,20,22-23H,7-16,18-19,21H2,1-6H3/t22-,23+/m0/s1. The number of esters is 1. The van der Waals surface area contributed by atoms with Crippen molar-refractivity contribution in [3.05, 3.63) is 12.2 Å². The fourth-order valence-corrected chi connectivity index (χ4v) is 4.95. The molecule has 0 bridgehead atoms. The van der Waals surface area contributed by atoms with Gasteiger partial charge in [-0.15, -0.1) is 0 Å². The molecule has 6 heteroatoms. The number of carbonyl (C=O) groups excluding carboxylic acids is 1. The first kappa shape index (κ1) is 29.1. The second-order valence-corrected chi connectivity index (χ2v) is 8.82. The van der Waals surface area contributed by atoms with E-state index >= 15 is 0 Å². The largest absolute Gasteiger partial charge is 0.466 e.